The third kappa shape index (κ3) is 5.10. The molecule has 0 spiro atoms. The Hall–Kier alpha value is -3.34. The predicted molar refractivity (Wildman–Crippen MR) is 112 cm³/mol. The highest BCUT2D eigenvalue weighted by Crippen LogP contribution is 2.20. The maximum atomic E-state index is 12.2. The van der Waals surface area contributed by atoms with Crippen LogP contribution in [-0.2, 0) is 4.79 Å². The van der Waals surface area contributed by atoms with Crippen LogP contribution in [0.3, 0.4) is 0 Å². The molecule has 3 aromatic carbocycles. The second kappa shape index (κ2) is 9.04. The fraction of sp³-hybridized carbons (Fsp3) is 0.217. The van der Waals surface area contributed by atoms with E-state index in [9.17, 15) is 9.59 Å². The van der Waals surface area contributed by atoms with Crippen LogP contribution in [0, 0.1) is 0 Å². The van der Waals surface area contributed by atoms with Crippen molar-refractivity contribution in [3.63, 3.8) is 0 Å². The lowest BCUT2D eigenvalue weighted by molar-refractivity contribution is -0.118. The number of carbonyl (C=O) groups excluding carboxylic acids is 2. The molecule has 2 amide bonds. The minimum atomic E-state index is -0.285. The molecule has 5 heteroatoms. The molecule has 0 aliphatic carbocycles. The summed E-state index contributed by atoms with van der Waals surface area (Å²) in [5, 5.41) is 7.85. The van der Waals surface area contributed by atoms with E-state index in [1.54, 1.807) is 24.3 Å². The summed E-state index contributed by atoms with van der Waals surface area (Å²) in [6.07, 6.45) is 0.855. The molecule has 3 rings (SSSR count). The van der Waals surface area contributed by atoms with Crippen LogP contribution < -0.4 is 15.4 Å². The molecule has 0 aliphatic rings. The molecule has 2 N–H and O–H groups in total. The lowest BCUT2D eigenvalue weighted by Crippen LogP contribution is -2.32. The van der Waals surface area contributed by atoms with Crippen LogP contribution in [0.2, 0.25) is 0 Å². The van der Waals surface area contributed by atoms with Crippen molar-refractivity contribution in [3.05, 3.63) is 72.3 Å². The van der Waals surface area contributed by atoms with Crippen molar-refractivity contribution in [1.82, 2.24) is 5.32 Å². The van der Waals surface area contributed by atoms with Gasteiger partial charge in [-0.25, -0.2) is 0 Å². The Morgan fingerprint density at radius 2 is 1.75 bits per heavy atom. The van der Waals surface area contributed by atoms with Crippen LogP contribution in [0.15, 0.2) is 66.7 Å². The SMILES string of the molecule is CCC(C)NC(=O)c1cccc(NC(=O)COc2ccc3ccccc3c2)c1. The van der Waals surface area contributed by atoms with E-state index in [1.807, 2.05) is 56.3 Å². The number of amides is 2. The van der Waals surface area contributed by atoms with Gasteiger partial charge in [0, 0.05) is 17.3 Å². The van der Waals surface area contributed by atoms with Gasteiger partial charge in [0.15, 0.2) is 6.61 Å². The third-order valence-corrected chi connectivity index (χ3v) is 4.49. The zero-order chi connectivity index (χ0) is 19.9. The maximum absolute atomic E-state index is 12.2. The Kier molecular flexibility index (Phi) is 6.27. The van der Waals surface area contributed by atoms with Crippen molar-refractivity contribution in [2.75, 3.05) is 11.9 Å². The largest absolute Gasteiger partial charge is 0.484 e. The third-order valence-electron chi connectivity index (χ3n) is 4.49. The molecule has 144 valence electrons. The van der Waals surface area contributed by atoms with Crippen molar-refractivity contribution in [2.45, 2.75) is 26.3 Å². The Bertz CT molecular complexity index is 984. The zero-order valence-corrected chi connectivity index (χ0v) is 16.1. The predicted octanol–water partition coefficient (Wildman–Crippen LogP) is 4.39. The number of nitrogens with one attached hydrogen (secondary N) is 2. The minimum Gasteiger partial charge on any atom is -0.484 e. The minimum absolute atomic E-state index is 0.0982. The summed E-state index contributed by atoms with van der Waals surface area (Å²) in [7, 11) is 0. The highest BCUT2D eigenvalue weighted by molar-refractivity contribution is 5.97. The smallest absolute Gasteiger partial charge is 0.262 e. The van der Waals surface area contributed by atoms with Crippen molar-refractivity contribution < 1.29 is 14.3 Å². The van der Waals surface area contributed by atoms with E-state index in [-0.39, 0.29) is 24.5 Å². The average molecular weight is 376 g/mol. The lowest BCUT2D eigenvalue weighted by atomic mass is 10.1. The molecule has 1 atom stereocenters. The number of benzene rings is 3. The van der Waals surface area contributed by atoms with Gasteiger partial charge in [0.05, 0.1) is 0 Å². The first-order valence-electron chi connectivity index (χ1n) is 9.37. The van der Waals surface area contributed by atoms with E-state index in [0.29, 0.717) is 17.0 Å². The van der Waals surface area contributed by atoms with Gasteiger partial charge in [0.2, 0.25) is 0 Å². The number of rotatable bonds is 7. The highest BCUT2D eigenvalue weighted by atomic mass is 16.5. The molecular weight excluding hydrogens is 352 g/mol. The van der Waals surface area contributed by atoms with E-state index in [0.717, 1.165) is 17.2 Å². The fourth-order valence-corrected chi connectivity index (χ4v) is 2.75. The molecule has 0 aromatic heterocycles. The first-order chi connectivity index (χ1) is 13.5. The van der Waals surface area contributed by atoms with Crippen LogP contribution in [0.25, 0.3) is 10.8 Å². The number of ether oxygens (including phenoxy) is 1. The summed E-state index contributed by atoms with van der Waals surface area (Å²) in [4.78, 5) is 24.4. The van der Waals surface area contributed by atoms with Crippen molar-refractivity contribution in [3.8, 4) is 5.75 Å². The van der Waals surface area contributed by atoms with E-state index in [1.165, 1.54) is 0 Å². The van der Waals surface area contributed by atoms with Crippen LogP contribution >= 0.6 is 0 Å². The van der Waals surface area contributed by atoms with Crippen molar-refractivity contribution >= 4 is 28.3 Å². The Balaban J connectivity index is 1.58. The van der Waals surface area contributed by atoms with E-state index in [4.69, 9.17) is 4.74 Å². The van der Waals surface area contributed by atoms with Crippen LogP contribution in [0.1, 0.15) is 30.6 Å². The summed E-state index contributed by atoms with van der Waals surface area (Å²) in [5.41, 5.74) is 1.07. The molecule has 3 aromatic rings. The lowest BCUT2D eigenvalue weighted by Gasteiger charge is -2.12. The monoisotopic (exact) mass is 376 g/mol. The van der Waals surface area contributed by atoms with Crippen molar-refractivity contribution in [2.24, 2.45) is 0 Å². The summed E-state index contributed by atoms with van der Waals surface area (Å²) in [6, 6.07) is 20.6. The summed E-state index contributed by atoms with van der Waals surface area (Å²) < 4.78 is 5.60. The van der Waals surface area contributed by atoms with E-state index < -0.39 is 0 Å². The zero-order valence-electron chi connectivity index (χ0n) is 16.1. The number of anilines is 1. The van der Waals surface area contributed by atoms with Crippen LogP contribution in [0.4, 0.5) is 5.69 Å². The molecule has 5 nitrogen and oxygen atoms in total. The molecule has 0 fully saturated rings. The van der Waals surface area contributed by atoms with Gasteiger partial charge < -0.3 is 15.4 Å². The fourth-order valence-electron chi connectivity index (χ4n) is 2.75. The van der Waals surface area contributed by atoms with Gasteiger partial charge in [-0.15, -0.1) is 0 Å². The van der Waals surface area contributed by atoms with Gasteiger partial charge in [0.25, 0.3) is 11.8 Å². The number of carbonyl (C=O) groups is 2. The standard InChI is InChI=1S/C23H24N2O3/c1-3-16(2)24-23(27)19-9-6-10-20(13-19)25-22(26)15-28-21-12-11-17-7-4-5-8-18(17)14-21/h4-14,16H,3,15H2,1-2H3,(H,24,27)(H,25,26). The average Bonchev–Trinajstić information content (AvgIpc) is 2.72. The highest BCUT2D eigenvalue weighted by Gasteiger charge is 2.10. The first-order valence-corrected chi connectivity index (χ1v) is 9.37. The number of hydrogen-bond donors (Lipinski definition) is 2. The molecule has 1 unspecified atom stereocenters. The maximum Gasteiger partial charge on any atom is 0.262 e. The van der Waals surface area contributed by atoms with Gasteiger partial charge in [-0.3, -0.25) is 9.59 Å². The van der Waals surface area contributed by atoms with Crippen molar-refractivity contribution in [1.29, 1.82) is 0 Å². The van der Waals surface area contributed by atoms with Gasteiger partial charge in [-0.1, -0.05) is 43.3 Å². The van der Waals surface area contributed by atoms with Gasteiger partial charge in [-0.2, -0.15) is 0 Å². The number of hydrogen-bond acceptors (Lipinski definition) is 3. The molecule has 28 heavy (non-hydrogen) atoms. The second-order valence-electron chi connectivity index (χ2n) is 6.71. The molecule has 0 heterocycles. The molecular formula is C23H24N2O3. The summed E-state index contributed by atoms with van der Waals surface area (Å²) >= 11 is 0. The van der Waals surface area contributed by atoms with Crippen LogP contribution in [-0.4, -0.2) is 24.5 Å². The Morgan fingerprint density at radius 1 is 0.964 bits per heavy atom. The van der Waals surface area contributed by atoms with E-state index >= 15 is 0 Å². The van der Waals surface area contributed by atoms with Gasteiger partial charge in [-0.05, 0) is 54.4 Å². The Labute approximate surface area is 164 Å². The Morgan fingerprint density at radius 3 is 2.54 bits per heavy atom. The van der Waals surface area contributed by atoms with Gasteiger partial charge >= 0.3 is 0 Å². The number of fused-ring (bicyclic) bond motifs is 1. The molecule has 0 saturated heterocycles. The summed E-state index contributed by atoms with van der Waals surface area (Å²) in [5.74, 6) is 0.195. The molecule has 0 aliphatic heterocycles. The normalized spacial score (nSPS) is 11.6. The summed E-state index contributed by atoms with van der Waals surface area (Å²) in [6.45, 7) is 3.85. The first kappa shape index (κ1) is 19.4. The molecule has 0 saturated carbocycles. The quantitative estimate of drug-likeness (QED) is 0.643. The molecule has 0 bridgehead atoms. The topological polar surface area (TPSA) is 67.4 Å². The van der Waals surface area contributed by atoms with Crippen LogP contribution in [0.5, 0.6) is 5.75 Å². The second-order valence-corrected chi connectivity index (χ2v) is 6.71. The van der Waals surface area contributed by atoms with Gasteiger partial charge in [0.1, 0.15) is 5.75 Å². The molecule has 0 radical (unpaired) electrons. The van der Waals surface area contributed by atoms with E-state index in [2.05, 4.69) is 10.6 Å².